The highest BCUT2D eigenvalue weighted by Crippen LogP contribution is 2.54. The minimum Gasteiger partial charge on any atom is -0.497 e. The van der Waals surface area contributed by atoms with Gasteiger partial charge >= 0.3 is 7.82 Å². The van der Waals surface area contributed by atoms with E-state index in [1.807, 2.05) is 31.3 Å². The first kappa shape index (κ1) is 21.2. The molecule has 8 nitrogen and oxygen atoms in total. The smallest absolute Gasteiger partial charge is 0.469 e. The van der Waals surface area contributed by atoms with Gasteiger partial charge in [-0.2, -0.15) is 0 Å². The maximum Gasteiger partial charge on any atom is 0.469 e. The number of nitrogens with one attached hydrogen (secondary N) is 1. The number of phosphoric ester groups is 1. The van der Waals surface area contributed by atoms with E-state index in [0.717, 1.165) is 30.7 Å². The zero-order chi connectivity index (χ0) is 20.8. The van der Waals surface area contributed by atoms with Crippen LogP contribution in [0.15, 0.2) is 24.3 Å². The van der Waals surface area contributed by atoms with Gasteiger partial charge in [-0.05, 0) is 56.8 Å². The molecule has 4 rings (SSSR count). The van der Waals surface area contributed by atoms with Crippen molar-refractivity contribution < 1.29 is 28.7 Å². The molecule has 0 radical (unpaired) electrons. The van der Waals surface area contributed by atoms with Gasteiger partial charge in [-0.3, -0.25) is 9.42 Å². The fourth-order valence-electron chi connectivity index (χ4n) is 5.85. The van der Waals surface area contributed by atoms with Crippen molar-refractivity contribution in [1.29, 1.82) is 0 Å². The van der Waals surface area contributed by atoms with Crippen LogP contribution in [0.25, 0.3) is 0 Å². The average Bonchev–Trinajstić information content (AvgIpc) is 3.05. The number of aliphatic hydroxyl groups is 1. The Labute approximate surface area is 171 Å². The van der Waals surface area contributed by atoms with E-state index in [9.17, 15) is 19.5 Å². The lowest BCUT2D eigenvalue weighted by molar-refractivity contribution is -0.144. The van der Waals surface area contributed by atoms with Gasteiger partial charge in [0, 0.05) is 30.1 Å². The molecule has 0 amide bonds. The van der Waals surface area contributed by atoms with E-state index in [-0.39, 0.29) is 17.5 Å². The summed E-state index contributed by atoms with van der Waals surface area (Å²) in [6, 6.07) is 8.08. The Morgan fingerprint density at radius 1 is 1.28 bits per heavy atom. The largest absolute Gasteiger partial charge is 0.497 e. The Kier molecular flexibility index (Phi) is 5.81. The summed E-state index contributed by atoms with van der Waals surface area (Å²) in [6.07, 6.45) is 2.39. The molecule has 9 heteroatoms. The summed E-state index contributed by atoms with van der Waals surface area (Å²) in [5.41, 5.74) is 1.05. The number of benzene rings is 1. The molecule has 2 saturated heterocycles. The Morgan fingerprint density at radius 3 is 2.62 bits per heavy atom. The molecule has 3 fully saturated rings. The van der Waals surface area contributed by atoms with Crippen LogP contribution in [0, 0.1) is 5.92 Å². The highest BCUT2D eigenvalue weighted by molar-refractivity contribution is 7.46. The molecule has 2 bridgehead atoms. The lowest BCUT2D eigenvalue weighted by atomic mass is 9.65. The summed E-state index contributed by atoms with van der Waals surface area (Å²) in [5, 5.41) is 14.7. The minimum absolute atomic E-state index is 0.0521. The first-order chi connectivity index (χ1) is 13.7. The molecular weight excluding hydrogens is 395 g/mol. The number of methoxy groups -OCH3 is 1. The second kappa shape index (κ2) is 7.93. The number of nitrogens with zero attached hydrogens (tertiary/aromatic N) is 1. The lowest BCUT2D eigenvalue weighted by Gasteiger charge is -2.57. The van der Waals surface area contributed by atoms with Crippen LogP contribution >= 0.6 is 7.82 Å². The van der Waals surface area contributed by atoms with Crippen molar-refractivity contribution in [2.45, 2.75) is 61.9 Å². The van der Waals surface area contributed by atoms with Gasteiger partial charge in [0.2, 0.25) is 0 Å². The van der Waals surface area contributed by atoms with Crippen molar-refractivity contribution in [3.8, 4) is 5.75 Å². The summed E-state index contributed by atoms with van der Waals surface area (Å²) < 4.78 is 21.8. The second-order valence-electron chi connectivity index (χ2n) is 8.72. The Hall–Kier alpha value is -0.990. The average molecular weight is 426 g/mol. The van der Waals surface area contributed by atoms with Gasteiger partial charge in [0.1, 0.15) is 5.75 Å². The van der Waals surface area contributed by atoms with Crippen molar-refractivity contribution in [2.24, 2.45) is 5.92 Å². The van der Waals surface area contributed by atoms with Gasteiger partial charge in [0.15, 0.2) is 0 Å². The Morgan fingerprint density at radius 2 is 2.00 bits per heavy atom. The van der Waals surface area contributed by atoms with E-state index in [4.69, 9.17) is 9.26 Å². The van der Waals surface area contributed by atoms with Crippen LogP contribution in [0.2, 0.25) is 0 Å². The first-order valence-electron chi connectivity index (χ1n) is 10.2. The Bertz CT molecular complexity index is 771. The van der Waals surface area contributed by atoms with Crippen LogP contribution in [-0.2, 0) is 15.5 Å². The zero-order valence-corrected chi connectivity index (χ0v) is 17.8. The predicted octanol–water partition coefficient (Wildman–Crippen LogP) is 1.29. The SMILES string of the molecule is CNC1CN2C(Cc3ccc(OC)cc3)C(O)C3CC2(CCC3OP(=O)(O)O)C1. The molecular formula is C20H31N2O6P. The van der Waals surface area contributed by atoms with Crippen molar-refractivity contribution in [3.63, 3.8) is 0 Å². The van der Waals surface area contributed by atoms with Gasteiger partial charge < -0.3 is 24.9 Å². The van der Waals surface area contributed by atoms with Crippen molar-refractivity contribution in [3.05, 3.63) is 29.8 Å². The molecule has 6 unspecified atom stereocenters. The number of piperidine rings is 1. The molecule has 1 aliphatic carbocycles. The molecule has 2 heterocycles. The van der Waals surface area contributed by atoms with E-state index in [1.54, 1.807) is 7.11 Å². The predicted molar refractivity (Wildman–Crippen MR) is 108 cm³/mol. The van der Waals surface area contributed by atoms with Gasteiger partial charge in [-0.1, -0.05) is 12.1 Å². The van der Waals surface area contributed by atoms with Crippen LogP contribution in [0.1, 0.15) is 31.2 Å². The van der Waals surface area contributed by atoms with Crippen molar-refractivity contribution in [2.75, 3.05) is 20.7 Å². The minimum atomic E-state index is -4.60. The van der Waals surface area contributed by atoms with Gasteiger partial charge in [0.05, 0.1) is 19.3 Å². The summed E-state index contributed by atoms with van der Waals surface area (Å²) >= 11 is 0. The van der Waals surface area contributed by atoms with Crippen molar-refractivity contribution in [1.82, 2.24) is 10.2 Å². The summed E-state index contributed by atoms with van der Waals surface area (Å²) in [7, 11) is -1.00. The summed E-state index contributed by atoms with van der Waals surface area (Å²) in [5.74, 6) is 0.504. The maximum absolute atomic E-state index is 11.5. The molecule has 0 aromatic heterocycles. The molecule has 1 saturated carbocycles. The standard InChI is InChI=1S/C20H31N2O6P/c1-21-14-10-20-8-7-18(28-29(24,25)26)16(11-20)19(23)17(22(20)12-14)9-13-3-5-15(27-2)6-4-13/h3-6,14,16-19,21,23H,7-12H2,1-2H3,(H2,24,25,26). The normalized spacial score (nSPS) is 37.3. The van der Waals surface area contributed by atoms with Crippen molar-refractivity contribution >= 4 is 7.82 Å². The molecule has 6 atom stereocenters. The number of hydrogen-bond donors (Lipinski definition) is 4. The third-order valence-corrected chi connectivity index (χ3v) is 7.70. The van der Waals surface area contributed by atoms with Crippen LogP contribution in [-0.4, -0.2) is 70.3 Å². The van der Waals surface area contributed by atoms with Crippen LogP contribution in [0.5, 0.6) is 5.75 Å². The lowest BCUT2D eigenvalue weighted by Crippen LogP contribution is -2.66. The van der Waals surface area contributed by atoms with E-state index >= 15 is 0 Å². The van der Waals surface area contributed by atoms with Crippen LogP contribution < -0.4 is 10.1 Å². The molecule has 2 aliphatic heterocycles. The van der Waals surface area contributed by atoms with E-state index in [2.05, 4.69) is 10.2 Å². The molecule has 1 spiro atoms. The number of hydrogen-bond acceptors (Lipinski definition) is 6. The van der Waals surface area contributed by atoms with E-state index in [0.29, 0.717) is 25.3 Å². The number of phosphoric acid groups is 1. The molecule has 1 aromatic carbocycles. The fourth-order valence-corrected chi connectivity index (χ4v) is 6.46. The van der Waals surface area contributed by atoms with Crippen LogP contribution in [0.3, 0.4) is 0 Å². The Balaban J connectivity index is 1.62. The highest BCUT2D eigenvalue weighted by Gasteiger charge is 2.59. The molecule has 162 valence electrons. The summed E-state index contributed by atoms with van der Waals surface area (Å²) in [6.45, 7) is 0.866. The topological polar surface area (TPSA) is 111 Å². The monoisotopic (exact) mass is 426 g/mol. The quantitative estimate of drug-likeness (QED) is 0.504. The number of aliphatic hydroxyl groups excluding tert-OH is 1. The van der Waals surface area contributed by atoms with E-state index < -0.39 is 20.0 Å². The number of fused-ring (bicyclic) bond motifs is 1. The fraction of sp³-hybridized carbons (Fsp3) is 0.700. The third-order valence-electron chi connectivity index (χ3n) is 7.16. The number of likely N-dealkylation sites (N-methyl/N-ethyl adjacent to an activating group) is 1. The molecule has 4 N–H and O–H groups in total. The van der Waals surface area contributed by atoms with Crippen LogP contribution in [0.4, 0.5) is 0 Å². The number of ether oxygens (including phenoxy) is 1. The second-order valence-corrected chi connectivity index (χ2v) is 9.91. The van der Waals surface area contributed by atoms with Gasteiger partial charge in [-0.25, -0.2) is 4.57 Å². The molecule has 3 aliphatic rings. The zero-order valence-electron chi connectivity index (χ0n) is 16.9. The molecule has 29 heavy (non-hydrogen) atoms. The van der Waals surface area contributed by atoms with Gasteiger partial charge in [0.25, 0.3) is 0 Å². The van der Waals surface area contributed by atoms with E-state index in [1.165, 1.54) is 0 Å². The summed E-state index contributed by atoms with van der Waals surface area (Å²) in [4.78, 5) is 21.1. The number of rotatable bonds is 6. The molecule has 1 aromatic rings. The maximum atomic E-state index is 11.5. The highest BCUT2D eigenvalue weighted by atomic mass is 31.2. The third kappa shape index (κ3) is 4.12. The first-order valence-corrected chi connectivity index (χ1v) is 11.8. The van der Waals surface area contributed by atoms with Gasteiger partial charge in [-0.15, -0.1) is 0 Å².